The lowest BCUT2D eigenvalue weighted by molar-refractivity contribution is -0.133. The first-order valence-corrected chi connectivity index (χ1v) is 14.4. The lowest BCUT2D eigenvalue weighted by Crippen LogP contribution is -2.13. The minimum Gasteiger partial charge on any atom is -0.504 e. The third-order valence-corrected chi connectivity index (χ3v) is 7.09. The van der Waals surface area contributed by atoms with Crippen LogP contribution in [-0.4, -0.2) is 36.9 Å². The molecule has 0 bridgehead atoms. The fourth-order valence-electron chi connectivity index (χ4n) is 4.20. The molecular formula is C35H29Cl2NO7. The van der Waals surface area contributed by atoms with Crippen molar-refractivity contribution in [2.45, 2.75) is 12.8 Å². The third kappa shape index (κ3) is 9.22. The number of aromatic hydroxyl groups is 1. The molecule has 10 heteroatoms. The molecule has 0 spiro atoms. The Morgan fingerprint density at radius 3 is 2.00 bits per heavy atom. The van der Waals surface area contributed by atoms with E-state index in [4.69, 9.17) is 37.4 Å². The number of para-hydroxylation sites is 2. The summed E-state index contributed by atoms with van der Waals surface area (Å²) < 4.78 is 16.1. The van der Waals surface area contributed by atoms with Crippen LogP contribution in [0.1, 0.15) is 23.1 Å². The molecule has 0 saturated heterocycles. The second-order valence-corrected chi connectivity index (χ2v) is 10.5. The van der Waals surface area contributed by atoms with Gasteiger partial charge in [-0.1, -0.05) is 71.8 Å². The Morgan fingerprint density at radius 2 is 1.36 bits per heavy atom. The Bertz CT molecular complexity index is 1760. The van der Waals surface area contributed by atoms with Crippen molar-refractivity contribution in [3.8, 4) is 23.0 Å². The van der Waals surface area contributed by atoms with E-state index in [0.717, 1.165) is 0 Å². The van der Waals surface area contributed by atoms with Gasteiger partial charge in [-0.25, -0.2) is 0 Å². The predicted molar refractivity (Wildman–Crippen MR) is 176 cm³/mol. The molecule has 8 nitrogen and oxygen atoms in total. The van der Waals surface area contributed by atoms with Gasteiger partial charge in [0.05, 0.1) is 42.8 Å². The highest BCUT2D eigenvalue weighted by Crippen LogP contribution is 2.34. The number of ketones is 2. The Kier molecular flexibility index (Phi) is 11.4. The maximum atomic E-state index is 12.9. The number of carbonyl (C=O) groups excluding carboxylic acids is 3. The van der Waals surface area contributed by atoms with Crippen molar-refractivity contribution in [3.05, 3.63) is 118 Å². The number of hydrogen-bond donors (Lipinski definition) is 2. The van der Waals surface area contributed by atoms with Crippen LogP contribution in [0, 0.1) is 0 Å². The predicted octanol–water partition coefficient (Wildman–Crippen LogP) is 7.86. The van der Waals surface area contributed by atoms with Gasteiger partial charge in [0.1, 0.15) is 0 Å². The summed E-state index contributed by atoms with van der Waals surface area (Å²) in [5.74, 6) is -0.552. The van der Waals surface area contributed by atoms with E-state index in [1.807, 2.05) is 18.2 Å². The summed E-state index contributed by atoms with van der Waals surface area (Å²) in [5.41, 5.74) is 3.09. The van der Waals surface area contributed by atoms with Gasteiger partial charge in [-0.05, 0) is 71.3 Å². The van der Waals surface area contributed by atoms with Gasteiger partial charge in [-0.15, -0.1) is 0 Å². The topological polar surface area (TPSA) is 111 Å². The standard InChI is InChI=1S/C35H29Cl2NO7/c1-43-32-18-22(12-16-30(32)41)10-14-25(39)21-26(40)15-11-23-13-17-31(33(19-23)44-2)45-34(42)20-24-6-3-4-9-29(24)38-35-27(36)7-5-8-28(35)37/h3-19,38,41H,20-21H2,1-2H3/b14-10+,15-11+. The van der Waals surface area contributed by atoms with Crippen LogP contribution >= 0.6 is 23.2 Å². The molecule has 0 heterocycles. The normalized spacial score (nSPS) is 11.0. The summed E-state index contributed by atoms with van der Waals surface area (Å²) in [6.07, 6.45) is 5.30. The number of benzene rings is 4. The van der Waals surface area contributed by atoms with Gasteiger partial charge in [-0.2, -0.15) is 0 Å². The average molecular weight is 647 g/mol. The number of anilines is 2. The van der Waals surface area contributed by atoms with E-state index in [0.29, 0.717) is 38.1 Å². The van der Waals surface area contributed by atoms with Crippen molar-refractivity contribution >= 4 is 64.3 Å². The van der Waals surface area contributed by atoms with Gasteiger partial charge in [0, 0.05) is 5.69 Å². The molecule has 4 aromatic carbocycles. The number of carbonyl (C=O) groups is 3. The maximum Gasteiger partial charge on any atom is 0.315 e. The van der Waals surface area contributed by atoms with Gasteiger partial charge in [0.15, 0.2) is 34.6 Å². The second-order valence-electron chi connectivity index (χ2n) is 9.65. The fourth-order valence-corrected chi connectivity index (χ4v) is 4.69. The quantitative estimate of drug-likeness (QED) is 0.0654. The number of phenols is 1. The van der Waals surface area contributed by atoms with Gasteiger partial charge < -0.3 is 24.6 Å². The van der Waals surface area contributed by atoms with Crippen LogP contribution < -0.4 is 19.5 Å². The zero-order chi connectivity index (χ0) is 32.3. The summed E-state index contributed by atoms with van der Waals surface area (Å²) >= 11 is 12.6. The van der Waals surface area contributed by atoms with Crippen molar-refractivity contribution in [1.29, 1.82) is 0 Å². The summed E-state index contributed by atoms with van der Waals surface area (Å²) in [7, 11) is 2.86. The summed E-state index contributed by atoms with van der Waals surface area (Å²) in [6, 6.07) is 21.9. The minimum atomic E-state index is -0.524. The fraction of sp³-hybridized carbons (Fsp3) is 0.114. The summed E-state index contributed by atoms with van der Waals surface area (Å²) in [6.45, 7) is 0. The molecule has 0 unspecified atom stereocenters. The molecule has 45 heavy (non-hydrogen) atoms. The van der Waals surface area contributed by atoms with Gasteiger partial charge in [-0.3, -0.25) is 14.4 Å². The number of methoxy groups -OCH3 is 2. The van der Waals surface area contributed by atoms with E-state index < -0.39 is 11.8 Å². The van der Waals surface area contributed by atoms with Crippen molar-refractivity contribution in [2.75, 3.05) is 19.5 Å². The number of esters is 1. The maximum absolute atomic E-state index is 12.9. The van der Waals surface area contributed by atoms with Crippen LogP contribution in [0.25, 0.3) is 12.2 Å². The molecular weight excluding hydrogens is 617 g/mol. The van der Waals surface area contributed by atoms with E-state index >= 15 is 0 Å². The minimum absolute atomic E-state index is 0.0147. The number of nitrogens with one attached hydrogen (secondary N) is 1. The Balaban J connectivity index is 1.36. The molecule has 0 aliphatic carbocycles. The molecule has 0 aliphatic rings. The van der Waals surface area contributed by atoms with E-state index in [-0.39, 0.29) is 41.6 Å². The smallest absolute Gasteiger partial charge is 0.315 e. The van der Waals surface area contributed by atoms with Crippen LogP contribution in [0.2, 0.25) is 10.0 Å². The van der Waals surface area contributed by atoms with E-state index in [2.05, 4.69) is 5.32 Å². The number of halogens is 2. The number of allylic oxidation sites excluding steroid dienone is 2. The van der Waals surface area contributed by atoms with Crippen molar-refractivity contribution in [3.63, 3.8) is 0 Å². The van der Waals surface area contributed by atoms with Crippen molar-refractivity contribution in [2.24, 2.45) is 0 Å². The molecule has 0 radical (unpaired) electrons. The number of phenolic OH excluding ortho intramolecular Hbond substituents is 1. The number of ether oxygens (including phenoxy) is 3. The van der Waals surface area contributed by atoms with Crippen LogP contribution in [0.5, 0.6) is 23.0 Å². The van der Waals surface area contributed by atoms with Crippen molar-refractivity contribution < 1.29 is 33.7 Å². The highest BCUT2D eigenvalue weighted by atomic mass is 35.5. The van der Waals surface area contributed by atoms with E-state index in [1.165, 1.54) is 38.5 Å². The molecule has 0 fully saturated rings. The Hall–Kier alpha value is -5.05. The lowest BCUT2D eigenvalue weighted by Gasteiger charge is -2.15. The van der Waals surface area contributed by atoms with Crippen LogP contribution in [0.4, 0.5) is 11.4 Å². The van der Waals surface area contributed by atoms with Crippen LogP contribution in [0.15, 0.2) is 91.0 Å². The van der Waals surface area contributed by atoms with Gasteiger partial charge >= 0.3 is 5.97 Å². The van der Waals surface area contributed by atoms with Crippen LogP contribution in [0.3, 0.4) is 0 Å². The first-order chi connectivity index (χ1) is 21.7. The molecule has 0 amide bonds. The zero-order valence-corrected chi connectivity index (χ0v) is 25.9. The number of rotatable bonds is 13. The third-order valence-electron chi connectivity index (χ3n) is 6.46. The van der Waals surface area contributed by atoms with Gasteiger partial charge in [0.2, 0.25) is 0 Å². The molecule has 0 saturated carbocycles. The summed E-state index contributed by atoms with van der Waals surface area (Å²) in [5, 5.41) is 13.8. The highest BCUT2D eigenvalue weighted by molar-refractivity contribution is 6.39. The SMILES string of the molecule is COc1cc(/C=C/C(=O)CC(=O)/C=C/c2ccc(OC(=O)Cc3ccccc3Nc3c(Cl)cccc3Cl)c(OC)c2)ccc1O. The van der Waals surface area contributed by atoms with E-state index in [9.17, 15) is 19.5 Å². The Labute approximate surface area is 270 Å². The zero-order valence-electron chi connectivity index (χ0n) is 24.4. The highest BCUT2D eigenvalue weighted by Gasteiger charge is 2.15. The van der Waals surface area contributed by atoms with Crippen LogP contribution in [-0.2, 0) is 20.8 Å². The Morgan fingerprint density at radius 1 is 0.756 bits per heavy atom. The molecule has 230 valence electrons. The largest absolute Gasteiger partial charge is 0.504 e. The summed E-state index contributed by atoms with van der Waals surface area (Å²) in [4.78, 5) is 37.6. The molecule has 4 rings (SSSR count). The monoisotopic (exact) mass is 645 g/mol. The first-order valence-electron chi connectivity index (χ1n) is 13.6. The molecule has 2 N–H and O–H groups in total. The van der Waals surface area contributed by atoms with Crippen molar-refractivity contribution in [1.82, 2.24) is 0 Å². The number of hydrogen-bond acceptors (Lipinski definition) is 8. The molecule has 0 aliphatic heterocycles. The van der Waals surface area contributed by atoms with Gasteiger partial charge in [0.25, 0.3) is 0 Å². The lowest BCUT2D eigenvalue weighted by atomic mass is 10.1. The molecule has 0 aromatic heterocycles. The first kappa shape index (κ1) is 32.9. The molecule has 0 atom stereocenters. The van der Waals surface area contributed by atoms with E-state index in [1.54, 1.807) is 60.7 Å². The molecule has 4 aromatic rings. The second kappa shape index (κ2) is 15.6. The average Bonchev–Trinajstić information content (AvgIpc) is 3.02.